The van der Waals surface area contributed by atoms with E-state index in [4.69, 9.17) is 15.5 Å². The van der Waals surface area contributed by atoms with Gasteiger partial charge in [0.05, 0.1) is 11.4 Å². The van der Waals surface area contributed by atoms with Gasteiger partial charge in [-0.1, -0.05) is 18.7 Å². The Hall–Kier alpha value is -2.73. The Morgan fingerprint density at radius 2 is 2.20 bits per heavy atom. The maximum absolute atomic E-state index is 8.95. The SMILES string of the molecule is C=C(COc1cccc(NO)c1N=N)c1ccccn1. The van der Waals surface area contributed by atoms with Crippen molar-refractivity contribution in [1.29, 1.82) is 5.53 Å². The summed E-state index contributed by atoms with van der Waals surface area (Å²) in [7, 11) is 0. The molecule has 3 N–H and O–H groups in total. The molecule has 0 aliphatic heterocycles. The molecule has 2 rings (SSSR count). The maximum atomic E-state index is 8.95. The van der Waals surface area contributed by atoms with Gasteiger partial charge in [0, 0.05) is 11.8 Å². The van der Waals surface area contributed by atoms with Crippen molar-refractivity contribution in [3.8, 4) is 5.75 Å². The number of benzene rings is 1. The third kappa shape index (κ3) is 2.99. The molecule has 0 spiro atoms. The van der Waals surface area contributed by atoms with Crippen molar-refractivity contribution in [2.45, 2.75) is 0 Å². The van der Waals surface area contributed by atoms with E-state index in [-0.39, 0.29) is 12.3 Å². The van der Waals surface area contributed by atoms with Crippen molar-refractivity contribution in [3.63, 3.8) is 0 Å². The van der Waals surface area contributed by atoms with Crippen molar-refractivity contribution in [3.05, 3.63) is 54.9 Å². The Balaban J connectivity index is 2.12. The average molecular weight is 270 g/mol. The standard InChI is InChI=1S/C14H14N4O2/c1-10(11-5-2-3-8-16-11)9-20-13-7-4-6-12(18-19)14(13)17-15/h2-8,15,18-19H,1,9H2. The van der Waals surface area contributed by atoms with Crippen LogP contribution in [0.25, 0.3) is 5.57 Å². The smallest absolute Gasteiger partial charge is 0.152 e. The van der Waals surface area contributed by atoms with Crippen LogP contribution in [0, 0.1) is 5.53 Å². The zero-order valence-electron chi connectivity index (χ0n) is 10.7. The van der Waals surface area contributed by atoms with Crippen LogP contribution in [0.3, 0.4) is 0 Å². The third-order valence-corrected chi connectivity index (χ3v) is 2.66. The van der Waals surface area contributed by atoms with Crippen molar-refractivity contribution in [2.75, 3.05) is 12.1 Å². The first kappa shape index (κ1) is 13.7. The minimum atomic E-state index is 0.217. The predicted molar refractivity (Wildman–Crippen MR) is 75.4 cm³/mol. The highest BCUT2D eigenvalue weighted by Gasteiger charge is 2.09. The number of anilines is 1. The van der Waals surface area contributed by atoms with Crippen LogP contribution in [-0.4, -0.2) is 16.8 Å². The van der Waals surface area contributed by atoms with Crippen LogP contribution >= 0.6 is 0 Å². The van der Waals surface area contributed by atoms with E-state index in [1.165, 1.54) is 0 Å². The second kappa shape index (κ2) is 6.44. The number of rotatable bonds is 6. The van der Waals surface area contributed by atoms with Gasteiger partial charge >= 0.3 is 0 Å². The lowest BCUT2D eigenvalue weighted by atomic mass is 10.2. The highest BCUT2D eigenvalue weighted by Crippen LogP contribution is 2.35. The van der Waals surface area contributed by atoms with Gasteiger partial charge in [-0.25, -0.2) is 5.53 Å². The van der Waals surface area contributed by atoms with Gasteiger partial charge in [0.1, 0.15) is 12.4 Å². The van der Waals surface area contributed by atoms with E-state index in [0.29, 0.717) is 17.0 Å². The Labute approximate surface area is 116 Å². The van der Waals surface area contributed by atoms with Crippen LogP contribution in [-0.2, 0) is 0 Å². The zero-order chi connectivity index (χ0) is 14.4. The lowest BCUT2D eigenvalue weighted by Crippen LogP contribution is -2.02. The largest absolute Gasteiger partial charge is 0.486 e. The molecule has 20 heavy (non-hydrogen) atoms. The number of ether oxygens (including phenoxy) is 1. The summed E-state index contributed by atoms with van der Waals surface area (Å²) in [5, 5.41) is 12.3. The first-order chi connectivity index (χ1) is 9.76. The number of pyridine rings is 1. The number of hydrogen-bond donors (Lipinski definition) is 3. The molecule has 6 nitrogen and oxygen atoms in total. The maximum Gasteiger partial charge on any atom is 0.152 e. The molecule has 0 bridgehead atoms. The summed E-state index contributed by atoms with van der Waals surface area (Å²) < 4.78 is 5.58. The Bertz CT molecular complexity index is 614. The topological polar surface area (TPSA) is 90.6 Å². The van der Waals surface area contributed by atoms with Gasteiger partial charge < -0.3 is 4.74 Å². The highest BCUT2D eigenvalue weighted by molar-refractivity contribution is 5.71. The molecule has 6 heteroatoms. The molecule has 0 saturated heterocycles. The minimum absolute atomic E-state index is 0.217. The predicted octanol–water partition coefficient (Wildman–Crippen LogP) is 3.64. The molecule has 0 atom stereocenters. The van der Waals surface area contributed by atoms with E-state index in [1.807, 2.05) is 23.7 Å². The fraction of sp³-hybridized carbons (Fsp3) is 0.0714. The van der Waals surface area contributed by atoms with Gasteiger partial charge in [0.15, 0.2) is 5.69 Å². The summed E-state index contributed by atoms with van der Waals surface area (Å²) in [4.78, 5) is 4.17. The Morgan fingerprint density at radius 3 is 2.85 bits per heavy atom. The fourth-order valence-electron chi connectivity index (χ4n) is 1.66. The Kier molecular flexibility index (Phi) is 4.41. The first-order valence-electron chi connectivity index (χ1n) is 5.89. The summed E-state index contributed by atoms with van der Waals surface area (Å²) >= 11 is 0. The number of nitrogens with zero attached hydrogens (tertiary/aromatic N) is 2. The summed E-state index contributed by atoms with van der Waals surface area (Å²) in [6, 6.07) is 10.5. The molecule has 0 aliphatic rings. The molecule has 0 radical (unpaired) electrons. The van der Waals surface area contributed by atoms with Gasteiger partial charge in [-0.05, 0) is 24.3 Å². The number of para-hydroxylation sites is 1. The van der Waals surface area contributed by atoms with E-state index in [2.05, 4.69) is 16.7 Å². The molecule has 2 aromatic rings. The van der Waals surface area contributed by atoms with Gasteiger partial charge in [0.2, 0.25) is 0 Å². The highest BCUT2D eigenvalue weighted by atomic mass is 16.5. The molecule has 1 aromatic carbocycles. The molecule has 0 fully saturated rings. The fourth-order valence-corrected chi connectivity index (χ4v) is 1.66. The van der Waals surface area contributed by atoms with Gasteiger partial charge in [-0.15, -0.1) is 0 Å². The number of aromatic nitrogens is 1. The summed E-state index contributed by atoms with van der Waals surface area (Å²) in [6.45, 7) is 4.12. The van der Waals surface area contributed by atoms with Crippen LogP contribution in [0.2, 0.25) is 0 Å². The van der Waals surface area contributed by atoms with Crippen molar-refractivity contribution < 1.29 is 9.94 Å². The van der Waals surface area contributed by atoms with Crippen LogP contribution in [0.1, 0.15) is 5.69 Å². The van der Waals surface area contributed by atoms with Crippen LogP contribution in [0.4, 0.5) is 11.4 Å². The zero-order valence-corrected chi connectivity index (χ0v) is 10.7. The molecule has 1 heterocycles. The quantitative estimate of drug-likeness (QED) is 0.552. The molecule has 1 aromatic heterocycles. The molecule has 0 aliphatic carbocycles. The Morgan fingerprint density at radius 1 is 1.35 bits per heavy atom. The van der Waals surface area contributed by atoms with E-state index in [9.17, 15) is 0 Å². The van der Waals surface area contributed by atoms with Gasteiger partial charge in [-0.3, -0.25) is 15.7 Å². The molecule has 0 saturated carbocycles. The van der Waals surface area contributed by atoms with Crippen molar-refractivity contribution in [1.82, 2.24) is 4.98 Å². The van der Waals surface area contributed by atoms with Gasteiger partial charge in [-0.2, -0.15) is 5.11 Å². The van der Waals surface area contributed by atoms with Crippen molar-refractivity contribution in [2.24, 2.45) is 5.11 Å². The molecule has 0 unspecified atom stereocenters. The van der Waals surface area contributed by atoms with Gasteiger partial charge in [0.25, 0.3) is 0 Å². The van der Waals surface area contributed by atoms with E-state index < -0.39 is 0 Å². The molecule has 102 valence electrons. The molecule has 0 amide bonds. The van der Waals surface area contributed by atoms with Crippen molar-refractivity contribution >= 4 is 16.9 Å². The lowest BCUT2D eigenvalue weighted by Gasteiger charge is -2.11. The molecular formula is C14H14N4O2. The monoisotopic (exact) mass is 270 g/mol. The first-order valence-corrected chi connectivity index (χ1v) is 5.89. The lowest BCUT2D eigenvalue weighted by molar-refractivity contribution is 0.367. The van der Waals surface area contributed by atoms with Crippen LogP contribution in [0.5, 0.6) is 5.75 Å². The summed E-state index contributed by atoms with van der Waals surface area (Å²) in [5.74, 6) is 0.385. The normalized spacial score (nSPS) is 9.85. The number of nitrogens with one attached hydrogen (secondary N) is 2. The molecular weight excluding hydrogens is 256 g/mol. The van der Waals surface area contributed by atoms with Crippen LogP contribution in [0.15, 0.2) is 54.3 Å². The second-order valence-corrected chi connectivity index (χ2v) is 3.98. The second-order valence-electron chi connectivity index (χ2n) is 3.98. The van der Waals surface area contributed by atoms with E-state index >= 15 is 0 Å². The van der Waals surface area contributed by atoms with E-state index in [1.54, 1.807) is 24.4 Å². The van der Waals surface area contributed by atoms with Crippen LogP contribution < -0.4 is 10.2 Å². The summed E-state index contributed by atoms with van der Waals surface area (Å²) in [5.41, 5.74) is 11.1. The number of hydrogen-bond acceptors (Lipinski definition) is 6. The summed E-state index contributed by atoms with van der Waals surface area (Å²) in [6.07, 6.45) is 1.68. The minimum Gasteiger partial charge on any atom is -0.486 e. The van der Waals surface area contributed by atoms with E-state index in [0.717, 1.165) is 5.69 Å². The average Bonchev–Trinajstić information content (AvgIpc) is 2.52. The third-order valence-electron chi connectivity index (χ3n) is 2.66.